The largest absolute Gasteiger partial charge is 0.495 e. The quantitative estimate of drug-likeness (QED) is 0.535. The third kappa shape index (κ3) is 4.87. The lowest BCUT2D eigenvalue weighted by Gasteiger charge is -2.40. The molecule has 2 aromatic carbocycles. The van der Waals surface area contributed by atoms with E-state index in [4.69, 9.17) is 9.72 Å². The molecule has 7 heteroatoms. The third-order valence-corrected chi connectivity index (χ3v) is 7.42. The molecule has 0 bridgehead atoms. The smallest absolute Gasteiger partial charge is 0.227 e. The number of aromatic nitrogens is 2. The van der Waals surface area contributed by atoms with Crippen molar-refractivity contribution in [2.75, 3.05) is 51.3 Å². The summed E-state index contributed by atoms with van der Waals surface area (Å²) in [4.78, 5) is 25.2. The number of benzene rings is 2. The highest BCUT2D eigenvalue weighted by Gasteiger charge is 2.32. The summed E-state index contributed by atoms with van der Waals surface area (Å²) >= 11 is 0. The summed E-state index contributed by atoms with van der Waals surface area (Å²) in [6.07, 6.45) is 2.03. The number of anilines is 1. The zero-order valence-electron chi connectivity index (χ0n) is 21.2. The molecule has 2 aliphatic heterocycles. The number of amides is 1. The van der Waals surface area contributed by atoms with E-state index in [1.807, 2.05) is 24.3 Å². The number of para-hydroxylation sites is 4. The van der Waals surface area contributed by atoms with E-state index >= 15 is 0 Å². The van der Waals surface area contributed by atoms with Crippen molar-refractivity contribution in [1.29, 1.82) is 0 Å². The summed E-state index contributed by atoms with van der Waals surface area (Å²) in [5.74, 6) is 2.37. The number of nitrogens with zero attached hydrogens (tertiary/aromatic N) is 5. The van der Waals surface area contributed by atoms with Crippen LogP contribution < -0.4 is 9.64 Å². The van der Waals surface area contributed by atoms with Crippen LogP contribution in [0.15, 0.2) is 48.5 Å². The van der Waals surface area contributed by atoms with Gasteiger partial charge in [-0.3, -0.25) is 9.69 Å². The minimum absolute atomic E-state index is 0.0680. The van der Waals surface area contributed by atoms with E-state index < -0.39 is 0 Å². The second-order valence-corrected chi connectivity index (χ2v) is 10.0. The molecule has 5 rings (SSSR count). The molecule has 0 radical (unpaired) electrons. The van der Waals surface area contributed by atoms with Crippen molar-refractivity contribution in [2.45, 2.75) is 39.3 Å². The molecule has 186 valence electrons. The Labute approximate surface area is 208 Å². The molecule has 0 N–H and O–H groups in total. The highest BCUT2D eigenvalue weighted by atomic mass is 16.5. The highest BCUT2D eigenvalue weighted by molar-refractivity contribution is 5.79. The number of methoxy groups -OCH3 is 1. The topological polar surface area (TPSA) is 53.8 Å². The number of ether oxygens (including phenoxy) is 1. The lowest BCUT2D eigenvalue weighted by atomic mass is 9.96. The standard InChI is InChI=1S/C28H37N5O2/c1-21(2)33-24-11-5-4-10-23(24)29-27(33)20-30-14-8-9-22(19-30)28(34)32-17-15-31(16-18-32)25-12-6-7-13-26(25)35-3/h4-7,10-13,21-22H,8-9,14-20H2,1-3H3/t22-/m1/s1. The first kappa shape index (κ1) is 23.7. The Balaban J connectivity index is 1.22. The maximum atomic E-state index is 13.5. The van der Waals surface area contributed by atoms with Crippen molar-refractivity contribution in [3.63, 3.8) is 0 Å². The fourth-order valence-electron chi connectivity index (χ4n) is 5.70. The van der Waals surface area contributed by atoms with Gasteiger partial charge in [0.2, 0.25) is 5.91 Å². The molecular weight excluding hydrogens is 438 g/mol. The van der Waals surface area contributed by atoms with Crippen LogP contribution in [-0.2, 0) is 11.3 Å². The maximum Gasteiger partial charge on any atom is 0.227 e. The van der Waals surface area contributed by atoms with Gasteiger partial charge in [0.15, 0.2) is 0 Å². The molecule has 7 nitrogen and oxygen atoms in total. The number of carbonyl (C=O) groups excluding carboxylic acids is 1. The monoisotopic (exact) mass is 475 g/mol. The predicted molar refractivity (Wildman–Crippen MR) is 140 cm³/mol. The first-order chi connectivity index (χ1) is 17.0. The Morgan fingerprint density at radius 1 is 1.03 bits per heavy atom. The summed E-state index contributed by atoms with van der Waals surface area (Å²) in [7, 11) is 1.71. The van der Waals surface area contributed by atoms with Gasteiger partial charge >= 0.3 is 0 Å². The number of likely N-dealkylation sites (tertiary alicyclic amines) is 1. The summed E-state index contributed by atoms with van der Waals surface area (Å²) in [5.41, 5.74) is 3.35. The fraction of sp³-hybridized carbons (Fsp3) is 0.500. The number of carbonyl (C=O) groups is 1. The number of fused-ring (bicyclic) bond motifs is 1. The molecule has 1 amide bonds. The minimum Gasteiger partial charge on any atom is -0.495 e. The molecular formula is C28H37N5O2. The second-order valence-electron chi connectivity index (χ2n) is 10.0. The molecule has 0 spiro atoms. The van der Waals surface area contributed by atoms with Crippen LogP contribution in [0.2, 0.25) is 0 Å². The van der Waals surface area contributed by atoms with Crippen molar-refractivity contribution < 1.29 is 9.53 Å². The molecule has 0 saturated carbocycles. The first-order valence-electron chi connectivity index (χ1n) is 12.9. The SMILES string of the molecule is COc1ccccc1N1CCN(C(=O)[C@@H]2CCCN(Cc3nc4ccccc4n3C(C)C)C2)CC1. The van der Waals surface area contributed by atoms with Gasteiger partial charge in [0.1, 0.15) is 11.6 Å². The molecule has 0 unspecified atom stereocenters. The van der Waals surface area contributed by atoms with E-state index in [2.05, 4.69) is 57.4 Å². The summed E-state index contributed by atoms with van der Waals surface area (Å²) in [5, 5.41) is 0. The Bertz CT molecular complexity index is 1170. The molecule has 2 saturated heterocycles. The molecule has 3 heterocycles. The van der Waals surface area contributed by atoms with E-state index in [0.717, 1.165) is 81.4 Å². The summed E-state index contributed by atoms with van der Waals surface area (Å²) in [6.45, 7) is 10.2. The van der Waals surface area contributed by atoms with Gasteiger partial charge < -0.3 is 19.1 Å². The van der Waals surface area contributed by atoms with E-state index in [1.54, 1.807) is 7.11 Å². The molecule has 1 aromatic heterocycles. The van der Waals surface area contributed by atoms with Gasteiger partial charge in [-0.15, -0.1) is 0 Å². The number of piperidine rings is 1. The number of rotatable bonds is 6. The predicted octanol–water partition coefficient (Wildman–Crippen LogP) is 4.19. The van der Waals surface area contributed by atoms with Crippen LogP contribution in [0, 0.1) is 5.92 Å². The normalized spacial score (nSPS) is 19.5. The van der Waals surface area contributed by atoms with Crippen LogP contribution in [0.3, 0.4) is 0 Å². The number of piperazine rings is 1. The Kier molecular flexibility index (Phi) is 6.95. The van der Waals surface area contributed by atoms with Crippen molar-refractivity contribution in [2.24, 2.45) is 5.92 Å². The Morgan fingerprint density at radius 3 is 2.54 bits per heavy atom. The van der Waals surface area contributed by atoms with Crippen LogP contribution in [0.25, 0.3) is 11.0 Å². The molecule has 1 atom stereocenters. The number of hydrogen-bond donors (Lipinski definition) is 0. The Morgan fingerprint density at radius 2 is 1.77 bits per heavy atom. The van der Waals surface area contributed by atoms with Gasteiger partial charge in [0.25, 0.3) is 0 Å². The second kappa shape index (κ2) is 10.3. The van der Waals surface area contributed by atoms with Crippen molar-refractivity contribution >= 4 is 22.6 Å². The van der Waals surface area contributed by atoms with Gasteiger partial charge in [0.05, 0.1) is 36.3 Å². The van der Waals surface area contributed by atoms with E-state index in [1.165, 1.54) is 5.52 Å². The zero-order valence-corrected chi connectivity index (χ0v) is 21.2. The van der Waals surface area contributed by atoms with Crippen LogP contribution in [0.5, 0.6) is 5.75 Å². The van der Waals surface area contributed by atoms with Gasteiger partial charge in [-0.1, -0.05) is 24.3 Å². The summed E-state index contributed by atoms with van der Waals surface area (Å²) in [6, 6.07) is 16.8. The van der Waals surface area contributed by atoms with Crippen LogP contribution in [0.4, 0.5) is 5.69 Å². The van der Waals surface area contributed by atoms with E-state index in [9.17, 15) is 4.79 Å². The summed E-state index contributed by atoms with van der Waals surface area (Å²) < 4.78 is 7.88. The average molecular weight is 476 g/mol. The van der Waals surface area contributed by atoms with E-state index in [0.29, 0.717) is 11.9 Å². The van der Waals surface area contributed by atoms with Crippen molar-refractivity contribution in [3.8, 4) is 5.75 Å². The van der Waals surface area contributed by atoms with E-state index in [-0.39, 0.29) is 5.92 Å². The number of hydrogen-bond acceptors (Lipinski definition) is 5. The Hall–Kier alpha value is -3.06. The van der Waals surface area contributed by atoms with Crippen molar-refractivity contribution in [3.05, 3.63) is 54.4 Å². The van der Waals surface area contributed by atoms with Crippen LogP contribution >= 0.6 is 0 Å². The lowest BCUT2D eigenvalue weighted by molar-refractivity contribution is -0.137. The molecule has 2 aliphatic rings. The van der Waals surface area contributed by atoms with Gasteiger partial charge in [0, 0.05) is 38.8 Å². The average Bonchev–Trinajstić information content (AvgIpc) is 3.26. The molecule has 0 aliphatic carbocycles. The van der Waals surface area contributed by atoms with Crippen LogP contribution in [0.1, 0.15) is 38.6 Å². The maximum absolute atomic E-state index is 13.5. The first-order valence-corrected chi connectivity index (χ1v) is 12.9. The van der Waals surface area contributed by atoms with Crippen molar-refractivity contribution in [1.82, 2.24) is 19.4 Å². The molecule has 2 fully saturated rings. The highest BCUT2D eigenvalue weighted by Crippen LogP contribution is 2.29. The zero-order chi connectivity index (χ0) is 24.4. The minimum atomic E-state index is 0.0680. The van der Waals surface area contributed by atoms with Gasteiger partial charge in [-0.25, -0.2) is 4.98 Å². The molecule has 3 aromatic rings. The van der Waals surface area contributed by atoms with Gasteiger partial charge in [-0.2, -0.15) is 0 Å². The lowest BCUT2D eigenvalue weighted by Crippen LogP contribution is -2.52. The van der Waals surface area contributed by atoms with Crippen LogP contribution in [-0.4, -0.2) is 71.6 Å². The van der Waals surface area contributed by atoms with Gasteiger partial charge in [-0.05, 0) is 57.5 Å². The molecule has 35 heavy (non-hydrogen) atoms. The third-order valence-electron chi connectivity index (χ3n) is 7.42. The number of imidazole rings is 1. The fourth-order valence-corrected chi connectivity index (χ4v) is 5.70.